The molecular formula is C42H39OP. The highest BCUT2D eigenvalue weighted by Crippen LogP contribution is 2.51. The Kier molecular flexibility index (Phi) is 8.26. The molecule has 1 nitrogen and oxygen atoms in total. The number of fused-ring (bicyclic) bond motifs is 1. The SMILES string of the molecule is C=CC1C(c2ccccc2)=c2ccccc2=C(c2ccc(-c3ccc(P(=O)(/C(C)=C/C)c4ccccc4)cc3C)cc2)C1C. The van der Waals surface area contributed by atoms with Gasteiger partial charge in [0.2, 0.25) is 0 Å². The monoisotopic (exact) mass is 590 g/mol. The Labute approximate surface area is 262 Å². The molecule has 0 radical (unpaired) electrons. The lowest BCUT2D eigenvalue weighted by molar-refractivity contribution is 0.590. The van der Waals surface area contributed by atoms with Crippen LogP contribution in [0.5, 0.6) is 0 Å². The summed E-state index contributed by atoms with van der Waals surface area (Å²) in [5.41, 5.74) is 8.63. The predicted molar refractivity (Wildman–Crippen MR) is 189 cm³/mol. The zero-order valence-electron chi connectivity index (χ0n) is 26.0. The second kappa shape index (κ2) is 12.3. The fourth-order valence-electron chi connectivity index (χ4n) is 6.89. The zero-order valence-corrected chi connectivity index (χ0v) is 26.9. The van der Waals surface area contributed by atoms with E-state index in [1.807, 2.05) is 50.3 Å². The van der Waals surface area contributed by atoms with Gasteiger partial charge in [-0.15, -0.1) is 6.58 Å². The predicted octanol–water partition coefficient (Wildman–Crippen LogP) is 8.75. The molecule has 2 heteroatoms. The van der Waals surface area contributed by atoms with Crippen LogP contribution in [0.25, 0.3) is 22.3 Å². The van der Waals surface area contributed by atoms with Gasteiger partial charge in [0.25, 0.3) is 0 Å². The van der Waals surface area contributed by atoms with Crippen LogP contribution in [0.1, 0.15) is 37.5 Å². The normalized spacial score (nSPS) is 18.0. The van der Waals surface area contributed by atoms with Crippen molar-refractivity contribution in [3.63, 3.8) is 0 Å². The van der Waals surface area contributed by atoms with Crippen LogP contribution in [0.3, 0.4) is 0 Å². The molecule has 0 amide bonds. The lowest BCUT2D eigenvalue weighted by Crippen LogP contribution is -2.39. The van der Waals surface area contributed by atoms with Crippen molar-refractivity contribution in [1.29, 1.82) is 0 Å². The second-order valence-electron chi connectivity index (χ2n) is 11.7. The number of allylic oxidation sites excluding steroid dienone is 3. The molecule has 0 heterocycles. The molecule has 3 unspecified atom stereocenters. The fraction of sp³-hybridized carbons (Fsp3) is 0.143. The van der Waals surface area contributed by atoms with E-state index in [9.17, 15) is 4.57 Å². The van der Waals surface area contributed by atoms with Gasteiger partial charge in [-0.25, -0.2) is 0 Å². The summed E-state index contributed by atoms with van der Waals surface area (Å²) in [5.74, 6) is 0.476. The molecule has 1 aliphatic rings. The van der Waals surface area contributed by atoms with Crippen LogP contribution >= 0.6 is 7.14 Å². The van der Waals surface area contributed by atoms with Gasteiger partial charge in [-0.2, -0.15) is 0 Å². The van der Waals surface area contributed by atoms with E-state index in [0.717, 1.165) is 32.6 Å². The molecule has 3 atom stereocenters. The topological polar surface area (TPSA) is 17.1 Å². The number of hydrogen-bond donors (Lipinski definition) is 0. The van der Waals surface area contributed by atoms with Crippen molar-refractivity contribution >= 4 is 28.9 Å². The molecule has 1 aliphatic carbocycles. The van der Waals surface area contributed by atoms with Crippen LogP contribution in [0, 0.1) is 18.8 Å². The minimum Gasteiger partial charge on any atom is -0.309 e. The zero-order chi connectivity index (χ0) is 30.8. The highest BCUT2D eigenvalue weighted by Gasteiger charge is 2.30. The lowest BCUT2D eigenvalue weighted by Gasteiger charge is -2.31. The molecule has 0 spiro atoms. The molecule has 0 saturated heterocycles. The first kappa shape index (κ1) is 29.6. The third kappa shape index (κ3) is 5.06. The maximum Gasteiger partial charge on any atom is 0.166 e. The minimum absolute atomic E-state index is 0.206. The molecule has 5 aromatic carbocycles. The standard InChI is InChI=1S/C42H39OP/c1-6-30(4)44(43,35-18-12-9-13-19-35)36-26-27-38(29(3)28-36)32-22-24-34(25-23-32)41-31(5)37(7-2)42(33-16-10-8-11-17-33)40-21-15-14-20-39(40)41/h6-28,31,37H,2H2,1,3-5H3/b30-6+. The summed E-state index contributed by atoms with van der Waals surface area (Å²) in [6.07, 6.45) is 4.10. The van der Waals surface area contributed by atoms with Crippen molar-refractivity contribution in [1.82, 2.24) is 0 Å². The van der Waals surface area contributed by atoms with Crippen molar-refractivity contribution < 1.29 is 4.57 Å². The molecule has 44 heavy (non-hydrogen) atoms. The van der Waals surface area contributed by atoms with Crippen LogP contribution < -0.4 is 21.0 Å². The Morgan fingerprint density at radius 3 is 1.82 bits per heavy atom. The molecule has 6 rings (SSSR count). The van der Waals surface area contributed by atoms with Gasteiger partial charge >= 0.3 is 0 Å². The van der Waals surface area contributed by atoms with Crippen LogP contribution in [-0.4, -0.2) is 0 Å². The summed E-state index contributed by atoms with van der Waals surface area (Å²) >= 11 is 0. The van der Waals surface area contributed by atoms with Gasteiger partial charge in [0.1, 0.15) is 0 Å². The van der Waals surface area contributed by atoms with E-state index in [1.54, 1.807) is 0 Å². The van der Waals surface area contributed by atoms with Crippen LogP contribution in [-0.2, 0) is 4.57 Å². The Balaban J connectivity index is 1.44. The number of hydrogen-bond acceptors (Lipinski definition) is 1. The van der Waals surface area contributed by atoms with E-state index in [2.05, 4.69) is 124 Å². The highest BCUT2D eigenvalue weighted by atomic mass is 31.2. The Morgan fingerprint density at radius 2 is 1.23 bits per heavy atom. The van der Waals surface area contributed by atoms with Gasteiger partial charge in [0.15, 0.2) is 7.14 Å². The molecular weight excluding hydrogens is 551 g/mol. The van der Waals surface area contributed by atoms with E-state index >= 15 is 0 Å². The average molecular weight is 591 g/mol. The van der Waals surface area contributed by atoms with Crippen molar-refractivity contribution in [3.8, 4) is 11.1 Å². The third-order valence-corrected chi connectivity index (χ3v) is 12.6. The molecule has 5 aromatic rings. The number of rotatable bonds is 7. The van der Waals surface area contributed by atoms with E-state index < -0.39 is 7.14 Å². The van der Waals surface area contributed by atoms with E-state index in [1.165, 1.54) is 32.7 Å². The largest absolute Gasteiger partial charge is 0.309 e. The van der Waals surface area contributed by atoms with Gasteiger partial charge in [-0.1, -0.05) is 140 Å². The summed E-state index contributed by atoms with van der Waals surface area (Å²) in [6.45, 7) is 12.7. The first-order valence-corrected chi connectivity index (χ1v) is 17.1. The van der Waals surface area contributed by atoms with Crippen LogP contribution in [0.2, 0.25) is 0 Å². The molecule has 0 aromatic heterocycles. The molecule has 0 fully saturated rings. The van der Waals surface area contributed by atoms with Crippen molar-refractivity contribution in [2.24, 2.45) is 11.8 Å². The summed E-state index contributed by atoms with van der Waals surface area (Å²) in [5, 5.41) is 5.23. The molecule has 0 aliphatic heterocycles. The van der Waals surface area contributed by atoms with E-state index in [-0.39, 0.29) is 11.8 Å². The van der Waals surface area contributed by atoms with Crippen LogP contribution in [0.15, 0.2) is 151 Å². The molecule has 218 valence electrons. The van der Waals surface area contributed by atoms with Gasteiger partial charge in [-0.05, 0) is 87.5 Å². The van der Waals surface area contributed by atoms with Crippen molar-refractivity contribution in [3.05, 3.63) is 179 Å². The maximum atomic E-state index is 14.6. The smallest absolute Gasteiger partial charge is 0.166 e. The number of aryl methyl sites for hydroxylation is 1. The third-order valence-electron chi connectivity index (χ3n) is 9.29. The van der Waals surface area contributed by atoms with Gasteiger partial charge in [-0.3, -0.25) is 0 Å². The molecule has 0 N–H and O–H groups in total. The fourth-order valence-corrected chi connectivity index (χ4v) is 9.61. The van der Waals surface area contributed by atoms with Gasteiger partial charge in [0.05, 0.1) is 0 Å². The first-order valence-electron chi connectivity index (χ1n) is 15.4. The minimum atomic E-state index is -2.91. The Hall–Kier alpha value is -4.45. The first-order chi connectivity index (χ1) is 21.4. The number of benzene rings is 5. The molecule has 0 bridgehead atoms. The maximum absolute atomic E-state index is 14.6. The quantitative estimate of drug-likeness (QED) is 0.137. The second-order valence-corrected chi connectivity index (χ2v) is 14.7. The average Bonchev–Trinajstić information content (AvgIpc) is 3.08. The van der Waals surface area contributed by atoms with Crippen molar-refractivity contribution in [2.75, 3.05) is 0 Å². The van der Waals surface area contributed by atoms with Gasteiger partial charge in [0, 0.05) is 16.5 Å². The van der Waals surface area contributed by atoms with Crippen LogP contribution in [0.4, 0.5) is 0 Å². The Morgan fingerprint density at radius 1 is 0.682 bits per heavy atom. The van der Waals surface area contributed by atoms with Gasteiger partial charge < -0.3 is 4.57 Å². The lowest BCUT2D eigenvalue weighted by atomic mass is 9.72. The molecule has 0 saturated carbocycles. The summed E-state index contributed by atoms with van der Waals surface area (Å²) in [4.78, 5) is 0. The summed E-state index contributed by atoms with van der Waals surface area (Å²) < 4.78 is 14.6. The highest BCUT2D eigenvalue weighted by molar-refractivity contribution is 7.82. The summed E-state index contributed by atoms with van der Waals surface area (Å²) in [6, 6.07) is 44.7. The van der Waals surface area contributed by atoms with E-state index in [4.69, 9.17) is 0 Å². The van der Waals surface area contributed by atoms with E-state index in [0.29, 0.717) is 0 Å². The summed E-state index contributed by atoms with van der Waals surface area (Å²) in [7, 11) is -2.91. The Bertz CT molecular complexity index is 2030. The van der Waals surface area contributed by atoms with Crippen molar-refractivity contribution in [2.45, 2.75) is 27.7 Å².